The lowest BCUT2D eigenvalue weighted by Gasteiger charge is -2.12. The number of aryl methyl sites for hydroxylation is 1. The molecule has 1 aliphatic rings. The fourth-order valence-electron chi connectivity index (χ4n) is 2.91. The zero-order valence-corrected chi connectivity index (χ0v) is 17.3. The fourth-order valence-corrected chi connectivity index (χ4v) is 2.91. The van der Waals surface area contributed by atoms with Gasteiger partial charge in [0, 0.05) is 5.69 Å². The van der Waals surface area contributed by atoms with Crippen molar-refractivity contribution in [2.24, 2.45) is 0 Å². The molecule has 1 atom stereocenters. The number of hydrogen-bond acceptors (Lipinski definition) is 4. The zero-order chi connectivity index (χ0) is 21.7. The van der Waals surface area contributed by atoms with Gasteiger partial charge in [-0.15, -0.1) is 0 Å². The number of carbonyl (C=O) groups is 3. The minimum Gasteiger partial charge on any atom is -0.491 e. The summed E-state index contributed by atoms with van der Waals surface area (Å²) in [5.74, 6) is -0.251. The average molecular weight is 407 g/mol. The quantitative estimate of drug-likeness (QED) is 0.541. The van der Waals surface area contributed by atoms with Gasteiger partial charge < -0.3 is 15.4 Å². The van der Waals surface area contributed by atoms with Crippen LogP contribution in [0.1, 0.15) is 31.4 Å². The maximum atomic E-state index is 12.6. The van der Waals surface area contributed by atoms with Gasteiger partial charge >= 0.3 is 6.03 Å². The van der Waals surface area contributed by atoms with Gasteiger partial charge in [-0.1, -0.05) is 31.2 Å². The van der Waals surface area contributed by atoms with E-state index in [9.17, 15) is 14.4 Å². The highest BCUT2D eigenvalue weighted by atomic mass is 16.5. The normalized spacial score (nSPS) is 15.8. The third-order valence-corrected chi connectivity index (χ3v) is 4.67. The lowest BCUT2D eigenvalue weighted by Crippen LogP contribution is -2.38. The van der Waals surface area contributed by atoms with Crippen LogP contribution < -0.4 is 15.4 Å². The monoisotopic (exact) mass is 407 g/mol. The number of nitrogens with zero attached hydrogens (tertiary/aromatic N) is 1. The SMILES string of the molecule is CCC(C)Oc1ccc(/C=C2\NC(=O)N(CC(=O)Nc3cccc(C)c3)C2=O)cc1. The third-order valence-electron chi connectivity index (χ3n) is 4.67. The minimum atomic E-state index is -0.623. The zero-order valence-electron chi connectivity index (χ0n) is 17.3. The molecular formula is C23H25N3O4. The van der Waals surface area contributed by atoms with Crippen molar-refractivity contribution in [2.75, 3.05) is 11.9 Å². The summed E-state index contributed by atoms with van der Waals surface area (Å²) in [5, 5.41) is 5.22. The van der Waals surface area contributed by atoms with E-state index < -0.39 is 17.8 Å². The molecule has 30 heavy (non-hydrogen) atoms. The van der Waals surface area contributed by atoms with Gasteiger partial charge in [-0.2, -0.15) is 0 Å². The number of rotatable bonds is 7. The number of hydrogen-bond donors (Lipinski definition) is 2. The Morgan fingerprint density at radius 1 is 1.20 bits per heavy atom. The van der Waals surface area contributed by atoms with Gasteiger partial charge in [0.05, 0.1) is 6.10 Å². The van der Waals surface area contributed by atoms with E-state index in [1.165, 1.54) is 0 Å². The van der Waals surface area contributed by atoms with Crippen LogP contribution in [-0.4, -0.2) is 35.4 Å². The Morgan fingerprint density at radius 2 is 1.93 bits per heavy atom. The third kappa shape index (κ3) is 5.26. The number of imide groups is 1. The molecule has 1 fully saturated rings. The summed E-state index contributed by atoms with van der Waals surface area (Å²) in [6.07, 6.45) is 2.59. The van der Waals surface area contributed by atoms with Gasteiger partial charge in [-0.05, 0) is 61.7 Å². The van der Waals surface area contributed by atoms with Crippen LogP contribution in [0.15, 0.2) is 54.2 Å². The van der Waals surface area contributed by atoms with Crippen LogP contribution in [0.5, 0.6) is 5.75 Å². The van der Waals surface area contributed by atoms with E-state index in [-0.39, 0.29) is 18.3 Å². The highest BCUT2D eigenvalue weighted by Crippen LogP contribution is 2.19. The molecule has 7 nitrogen and oxygen atoms in total. The van der Waals surface area contributed by atoms with Crippen molar-refractivity contribution < 1.29 is 19.1 Å². The molecule has 4 amide bonds. The molecule has 156 valence electrons. The summed E-state index contributed by atoms with van der Waals surface area (Å²) < 4.78 is 5.73. The Morgan fingerprint density at radius 3 is 2.60 bits per heavy atom. The summed E-state index contributed by atoms with van der Waals surface area (Å²) in [5.41, 5.74) is 2.47. The second-order valence-corrected chi connectivity index (χ2v) is 7.20. The van der Waals surface area contributed by atoms with Crippen molar-refractivity contribution in [3.63, 3.8) is 0 Å². The number of urea groups is 1. The molecule has 1 aliphatic heterocycles. The summed E-state index contributed by atoms with van der Waals surface area (Å²) in [6.45, 7) is 5.59. The van der Waals surface area contributed by atoms with E-state index >= 15 is 0 Å². The average Bonchev–Trinajstić information content (AvgIpc) is 2.96. The number of amides is 4. The smallest absolute Gasteiger partial charge is 0.329 e. The Balaban J connectivity index is 1.64. The molecule has 0 bridgehead atoms. The summed E-state index contributed by atoms with van der Waals surface area (Å²) in [6, 6.07) is 13.9. The highest BCUT2D eigenvalue weighted by molar-refractivity contribution is 6.15. The van der Waals surface area contributed by atoms with E-state index in [4.69, 9.17) is 4.74 Å². The molecule has 2 aromatic rings. The molecule has 1 unspecified atom stereocenters. The predicted molar refractivity (Wildman–Crippen MR) is 115 cm³/mol. The van der Waals surface area contributed by atoms with Crippen LogP contribution in [-0.2, 0) is 9.59 Å². The molecule has 0 aromatic heterocycles. The van der Waals surface area contributed by atoms with Crippen molar-refractivity contribution in [1.82, 2.24) is 10.2 Å². The van der Waals surface area contributed by atoms with Crippen molar-refractivity contribution in [2.45, 2.75) is 33.3 Å². The van der Waals surface area contributed by atoms with E-state index in [0.717, 1.165) is 28.2 Å². The fraction of sp³-hybridized carbons (Fsp3) is 0.261. The maximum Gasteiger partial charge on any atom is 0.329 e. The van der Waals surface area contributed by atoms with Crippen molar-refractivity contribution >= 4 is 29.6 Å². The van der Waals surface area contributed by atoms with Crippen molar-refractivity contribution in [1.29, 1.82) is 0 Å². The molecule has 1 saturated heterocycles. The Kier molecular flexibility index (Phi) is 6.51. The largest absolute Gasteiger partial charge is 0.491 e. The van der Waals surface area contributed by atoms with Gasteiger partial charge in [0.1, 0.15) is 18.0 Å². The van der Waals surface area contributed by atoms with E-state index in [1.54, 1.807) is 24.3 Å². The standard InChI is InChI=1S/C23H25N3O4/c1-4-16(3)30-19-10-8-17(9-11-19)13-20-22(28)26(23(29)25-20)14-21(27)24-18-7-5-6-15(2)12-18/h5-13,16H,4,14H2,1-3H3,(H,24,27)(H,25,29)/b20-13-. The van der Waals surface area contributed by atoms with Crippen molar-refractivity contribution in [3.05, 3.63) is 65.4 Å². The number of ether oxygens (including phenoxy) is 1. The number of nitrogens with one attached hydrogen (secondary N) is 2. The lowest BCUT2D eigenvalue weighted by atomic mass is 10.2. The molecule has 2 N–H and O–H groups in total. The highest BCUT2D eigenvalue weighted by Gasteiger charge is 2.34. The number of anilines is 1. The van der Waals surface area contributed by atoms with E-state index in [1.807, 2.05) is 51.1 Å². The van der Waals surface area contributed by atoms with Crippen LogP contribution in [0.4, 0.5) is 10.5 Å². The van der Waals surface area contributed by atoms with E-state index in [2.05, 4.69) is 10.6 Å². The molecule has 3 rings (SSSR count). The molecule has 0 saturated carbocycles. The summed E-state index contributed by atoms with van der Waals surface area (Å²) >= 11 is 0. The van der Waals surface area contributed by atoms with Crippen LogP contribution in [0, 0.1) is 6.92 Å². The van der Waals surface area contributed by atoms with Crippen LogP contribution in [0.3, 0.4) is 0 Å². The molecule has 0 radical (unpaired) electrons. The predicted octanol–water partition coefficient (Wildman–Crippen LogP) is 3.70. The second-order valence-electron chi connectivity index (χ2n) is 7.20. The Labute approximate surface area is 175 Å². The second kappa shape index (κ2) is 9.26. The van der Waals surface area contributed by atoms with E-state index in [0.29, 0.717) is 5.69 Å². The van der Waals surface area contributed by atoms with Crippen LogP contribution >= 0.6 is 0 Å². The number of carbonyl (C=O) groups excluding carboxylic acids is 3. The van der Waals surface area contributed by atoms with Gasteiger partial charge in [-0.25, -0.2) is 9.69 Å². The first-order valence-electron chi connectivity index (χ1n) is 9.83. The first-order chi connectivity index (χ1) is 14.4. The summed E-state index contributed by atoms with van der Waals surface area (Å²) in [4.78, 5) is 37.9. The molecule has 0 aliphatic carbocycles. The van der Waals surface area contributed by atoms with Gasteiger partial charge in [-0.3, -0.25) is 9.59 Å². The molecular weight excluding hydrogens is 382 g/mol. The summed E-state index contributed by atoms with van der Waals surface area (Å²) in [7, 11) is 0. The molecule has 2 aromatic carbocycles. The van der Waals surface area contributed by atoms with Crippen LogP contribution in [0.25, 0.3) is 6.08 Å². The Bertz CT molecular complexity index is 982. The first-order valence-corrected chi connectivity index (χ1v) is 9.83. The molecule has 1 heterocycles. The topological polar surface area (TPSA) is 87.7 Å². The molecule has 7 heteroatoms. The van der Waals surface area contributed by atoms with Crippen molar-refractivity contribution in [3.8, 4) is 5.75 Å². The minimum absolute atomic E-state index is 0.115. The first kappa shape index (κ1) is 21.1. The van der Waals surface area contributed by atoms with Gasteiger partial charge in [0.15, 0.2) is 0 Å². The van der Waals surface area contributed by atoms with Gasteiger partial charge in [0.25, 0.3) is 5.91 Å². The maximum absolute atomic E-state index is 12.6. The number of benzene rings is 2. The molecule has 0 spiro atoms. The van der Waals surface area contributed by atoms with Crippen LogP contribution in [0.2, 0.25) is 0 Å². The lowest BCUT2D eigenvalue weighted by molar-refractivity contribution is -0.127. The Hall–Kier alpha value is -3.61. The van der Waals surface area contributed by atoms with Gasteiger partial charge in [0.2, 0.25) is 5.91 Å².